The van der Waals surface area contributed by atoms with Crippen molar-refractivity contribution in [2.24, 2.45) is 10.9 Å². The molecular formula is C22H24N2O2S. The number of ether oxygens (including phenoxy) is 1. The maximum absolute atomic E-state index is 12.2. The van der Waals surface area contributed by atoms with E-state index in [2.05, 4.69) is 43.2 Å². The number of amides is 1. The predicted octanol–water partition coefficient (Wildman–Crippen LogP) is 5.18. The van der Waals surface area contributed by atoms with E-state index < -0.39 is 0 Å². The van der Waals surface area contributed by atoms with Crippen LogP contribution in [-0.2, 0) is 11.2 Å². The van der Waals surface area contributed by atoms with Gasteiger partial charge in [0.05, 0.1) is 17.2 Å². The molecule has 5 heteroatoms. The number of hydrogen-bond donors (Lipinski definition) is 1. The first-order valence-electron chi connectivity index (χ1n) is 9.15. The Labute approximate surface area is 164 Å². The summed E-state index contributed by atoms with van der Waals surface area (Å²) in [5.41, 5.74) is 3.06. The Kier molecular flexibility index (Phi) is 6.35. The standard InChI is InChI=1S/C22H24N2O2S/c1-4-16-5-9-18(10-6-16)23-22-24-21(25)20(27-22)13-17-7-11-19(12-8-17)26-14-15(2)3/h5-13,15H,4,14H2,1-3H3,(H,23,24,25)/b20-13-. The Hall–Kier alpha value is -2.53. The second-order valence-corrected chi connectivity index (χ2v) is 7.81. The molecule has 0 spiro atoms. The van der Waals surface area contributed by atoms with Crippen molar-refractivity contribution < 1.29 is 9.53 Å². The van der Waals surface area contributed by atoms with Gasteiger partial charge in [0.2, 0.25) is 0 Å². The molecule has 0 saturated carbocycles. The lowest BCUT2D eigenvalue weighted by Crippen LogP contribution is -2.19. The number of aliphatic imine (C=N–C) groups is 1. The summed E-state index contributed by atoms with van der Waals surface area (Å²) in [5.74, 6) is 1.21. The monoisotopic (exact) mass is 380 g/mol. The number of aryl methyl sites for hydroxylation is 1. The number of benzene rings is 2. The van der Waals surface area contributed by atoms with Crippen molar-refractivity contribution in [1.82, 2.24) is 5.32 Å². The summed E-state index contributed by atoms with van der Waals surface area (Å²) < 4.78 is 5.69. The second kappa shape index (κ2) is 8.91. The lowest BCUT2D eigenvalue weighted by molar-refractivity contribution is -0.115. The van der Waals surface area contributed by atoms with E-state index in [1.807, 2.05) is 42.5 Å². The van der Waals surface area contributed by atoms with Crippen LogP contribution in [0.4, 0.5) is 5.69 Å². The van der Waals surface area contributed by atoms with Gasteiger partial charge in [-0.1, -0.05) is 45.0 Å². The second-order valence-electron chi connectivity index (χ2n) is 6.78. The van der Waals surface area contributed by atoms with E-state index in [4.69, 9.17) is 4.74 Å². The minimum absolute atomic E-state index is 0.121. The first-order chi connectivity index (χ1) is 13.0. The third-order valence-corrected chi connectivity index (χ3v) is 4.90. The topological polar surface area (TPSA) is 50.7 Å². The summed E-state index contributed by atoms with van der Waals surface area (Å²) in [5, 5.41) is 3.43. The normalized spacial score (nSPS) is 17.0. The Morgan fingerprint density at radius 2 is 1.81 bits per heavy atom. The molecule has 1 aliphatic rings. The number of rotatable bonds is 6. The van der Waals surface area contributed by atoms with Crippen LogP contribution < -0.4 is 10.1 Å². The molecule has 1 heterocycles. The van der Waals surface area contributed by atoms with Gasteiger partial charge in [-0.25, -0.2) is 4.99 Å². The summed E-state index contributed by atoms with van der Waals surface area (Å²) in [4.78, 5) is 17.4. The highest BCUT2D eigenvalue weighted by Crippen LogP contribution is 2.28. The van der Waals surface area contributed by atoms with Gasteiger partial charge in [-0.2, -0.15) is 0 Å². The van der Waals surface area contributed by atoms with Crippen LogP contribution in [0.5, 0.6) is 5.75 Å². The lowest BCUT2D eigenvalue weighted by Gasteiger charge is -2.08. The number of carbonyl (C=O) groups excluding carboxylic acids is 1. The van der Waals surface area contributed by atoms with Crippen molar-refractivity contribution >= 4 is 34.6 Å². The van der Waals surface area contributed by atoms with Gasteiger partial charge in [0.15, 0.2) is 5.17 Å². The molecular weight excluding hydrogens is 356 g/mol. The van der Waals surface area contributed by atoms with Crippen molar-refractivity contribution in [2.75, 3.05) is 6.61 Å². The summed E-state index contributed by atoms with van der Waals surface area (Å²) in [6.45, 7) is 7.05. The van der Waals surface area contributed by atoms with E-state index in [-0.39, 0.29) is 5.91 Å². The zero-order valence-electron chi connectivity index (χ0n) is 15.9. The van der Waals surface area contributed by atoms with E-state index in [0.717, 1.165) is 23.4 Å². The molecule has 0 aromatic heterocycles. The Morgan fingerprint density at radius 1 is 1.11 bits per heavy atom. The molecule has 1 aliphatic heterocycles. The molecule has 2 aromatic rings. The van der Waals surface area contributed by atoms with Gasteiger partial charge in [-0.3, -0.25) is 4.79 Å². The average molecular weight is 381 g/mol. The van der Waals surface area contributed by atoms with Crippen LogP contribution in [0.2, 0.25) is 0 Å². The highest BCUT2D eigenvalue weighted by molar-refractivity contribution is 8.18. The minimum Gasteiger partial charge on any atom is -0.493 e. The third kappa shape index (κ3) is 5.47. The fourth-order valence-electron chi connectivity index (χ4n) is 2.48. The smallest absolute Gasteiger partial charge is 0.264 e. The molecule has 1 fully saturated rings. The van der Waals surface area contributed by atoms with Crippen molar-refractivity contribution in [3.63, 3.8) is 0 Å². The third-order valence-electron chi connectivity index (χ3n) is 3.99. The fraction of sp³-hybridized carbons (Fsp3) is 0.273. The highest BCUT2D eigenvalue weighted by atomic mass is 32.2. The number of thioether (sulfide) groups is 1. The first kappa shape index (κ1) is 19.2. The van der Waals surface area contributed by atoms with Crippen molar-refractivity contribution in [1.29, 1.82) is 0 Å². The van der Waals surface area contributed by atoms with Gasteiger partial charge in [-0.15, -0.1) is 0 Å². The molecule has 27 heavy (non-hydrogen) atoms. The van der Waals surface area contributed by atoms with Gasteiger partial charge < -0.3 is 10.1 Å². The van der Waals surface area contributed by atoms with Crippen LogP contribution in [0.15, 0.2) is 58.4 Å². The van der Waals surface area contributed by atoms with E-state index in [1.165, 1.54) is 17.3 Å². The molecule has 0 unspecified atom stereocenters. The molecule has 3 rings (SSSR count). The van der Waals surface area contributed by atoms with Crippen molar-refractivity contribution in [3.8, 4) is 5.75 Å². The average Bonchev–Trinajstić information content (AvgIpc) is 3.00. The summed E-state index contributed by atoms with van der Waals surface area (Å²) in [6.07, 6.45) is 2.87. The molecule has 140 valence electrons. The quantitative estimate of drug-likeness (QED) is 0.703. The molecule has 1 amide bonds. The van der Waals surface area contributed by atoms with Crippen LogP contribution in [0.25, 0.3) is 6.08 Å². The van der Waals surface area contributed by atoms with E-state index in [0.29, 0.717) is 22.6 Å². The SMILES string of the molecule is CCc1ccc(N=C2NC(=O)/C(=C/c3ccc(OCC(C)C)cc3)S2)cc1. The molecule has 0 atom stereocenters. The molecule has 2 aromatic carbocycles. The minimum atomic E-state index is -0.121. The fourth-order valence-corrected chi connectivity index (χ4v) is 3.32. The zero-order valence-corrected chi connectivity index (χ0v) is 16.7. The van der Waals surface area contributed by atoms with Crippen LogP contribution in [0.3, 0.4) is 0 Å². The van der Waals surface area contributed by atoms with Gasteiger partial charge in [0.1, 0.15) is 5.75 Å². The summed E-state index contributed by atoms with van der Waals surface area (Å²) >= 11 is 1.36. The van der Waals surface area contributed by atoms with Gasteiger partial charge in [0, 0.05) is 0 Å². The molecule has 1 N–H and O–H groups in total. The van der Waals surface area contributed by atoms with Crippen LogP contribution in [0.1, 0.15) is 31.9 Å². The maximum Gasteiger partial charge on any atom is 0.264 e. The molecule has 4 nitrogen and oxygen atoms in total. The molecule has 0 bridgehead atoms. The zero-order chi connectivity index (χ0) is 19.2. The number of nitrogens with zero attached hydrogens (tertiary/aromatic N) is 1. The van der Waals surface area contributed by atoms with Crippen molar-refractivity contribution in [2.45, 2.75) is 27.2 Å². The Bertz CT molecular complexity index is 853. The number of amidine groups is 1. The molecule has 0 radical (unpaired) electrons. The maximum atomic E-state index is 12.2. The predicted molar refractivity (Wildman–Crippen MR) is 113 cm³/mol. The van der Waals surface area contributed by atoms with Crippen LogP contribution in [0, 0.1) is 5.92 Å². The molecule has 1 saturated heterocycles. The van der Waals surface area contributed by atoms with Gasteiger partial charge in [-0.05, 0) is 65.6 Å². The van der Waals surface area contributed by atoms with Gasteiger partial charge in [0.25, 0.3) is 5.91 Å². The summed E-state index contributed by atoms with van der Waals surface area (Å²) in [7, 11) is 0. The van der Waals surface area contributed by atoms with Crippen LogP contribution in [-0.4, -0.2) is 17.7 Å². The summed E-state index contributed by atoms with van der Waals surface area (Å²) in [6, 6.07) is 15.8. The number of hydrogen-bond acceptors (Lipinski definition) is 4. The largest absolute Gasteiger partial charge is 0.493 e. The lowest BCUT2D eigenvalue weighted by atomic mass is 10.2. The Balaban J connectivity index is 1.68. The first-order valence-corrected chi connectivity index (χ1v) is 9.96. The molecule has 0 aliphatic carbocycles. The van der Waals surface area contributed by atoms with E-state index >= 15 is 0 Å². The van der Waals surface area contributed by atoms with Gasteiger partial charge >= 0.3 is 0 Å². The van der Waals surface area contributed by atoms with Crippen LogP contribution >= 0.6 is 11.8 Å². The highest BCUT2D eigenvalue weighted by Gasteiger charge is 2.23. The number of carbonyl (C=O) groups is 1. The van der Waals surface area contributed by atoms with E-state index in [9.17, 15) is 4.79 Å². The van der Waals surface area contributed by atoms with Crippen molar-refractivity contribution in [3.05, 3.63) is 64.6 Å². The Morgan fingerprint density at radius 3 is 2.44 bits per heavy atom. The number of nitrogens with one attached hydrogen (secondary N) is 1. The van der Waals surface area contributed by atoms with E-state index in [1.54, 1.807) is 0 Å².